The van der Waals surface area contributed by atoms with Crippen LogP contribution in [0.1, 0.15) is 41.0 Å². The van der Waals surface area contributed by atoms with Gasteiger partial charge in [0.15, 0.2) is 0 Å². The van der Waals surface area contributed by atoms with Crippen molar-refractivity contribution in [3.05, 3.63) is 16.6 Å². The van der Waals surface area contributed by atoms with Crippen LogP contribution >= 0.6 is 11.3 Å². The maximum Gasteiger partial charge on any atom is 0.264 e. The van der Waals surface area contributed by atoms with Gasteiger partial charge in [0.25, 0.3) is 5.91 Å². The lowest BCUT2D eigenvalue weighted by atomic mass is 10.2. The highest BCUT2D eigenvalue weighted by atomic mass is 32.1. The molecule has 2 aromatic heterocycles. The lowest BCUT2D eigenvalue weighted by Gasteiger charge is -2.35. The van der Waals surface area contributed by atoms with Gasteiger partial charge in [0.05, 0.1) is 17.1 Å². The van der Waals surface area contributed by atoms with E-state index in [1.54, 1.807) is 0 Å². The molecule has 4 heterocycles. The van der Waals surface area contributed by atoms with Crippen molar-refractivity contribution in [3.63, 3.8) is 0 Å². The third-order valence-corrected chi connectivity index (χ3v) is 7.07. The van der Waals surface area contributed by atoms with Gasteiger partial charge in [0.2, 0.25) is 5.91 Å². The summed E-state index contributed by atoms with van der Waals surface area (Å²) in [6.07, 6.45) is 4.71. The molecule has 0 bridgehead atoms. The van der Waals surface area contributed by atoms with E-state index in [4.69, 9.17) is 0 Å². The van der Waals surface area contributed by atoms with Crippen LogP contribution in [0.4, 0.5) is 0 Å². The van der Waals surface area contributed by atoms with Gasteiger partial charge in [-0.1, -0.05) is 12.8 Å². The third kappa shape index (κ3) is 3.93. The van der Waals surface area contributed by atoms with Crippen molar-refractivity contribution in [2.45, 2.75) is 32.6 Å². The van der Waals surface area contributed by atoms with Crippen molar-refractivity contribution in [2.24, 2.45) is 7.05 Å². The van der Waals surface area contributed by atoms with Crippen LogP contribution in [-0.4, -0.2) is 82.1 Å². The molecule has 0 aromatic carbocycles. The molecule has 2 amide bonds. The molecule has 7 nitrogen and oxygen atoms in total. The number of rotatable bonds is 3. The molecule has 2 aliphatic rings. The van der Waals surface area contributed by atoms with Crippen molar-refractivity contribution in [1.29, 1.82) is 0 Å². The van der Waals surface area contributed by atoms with Gasteiger partial charge in [-0.2, -0.15) is 5.10 Å². The number of nitrogens with zero attached hydrogens (tertiary/aromatic N) is 5. The Hall–Kier alpha value is -1.93. The molecule has 2 saturated heterocycles. The maximum atomic E-state index is 12.9. The van der Waals surface area contributed by atoms with Crippen LogP contribution < -0.4 is 0 Å². The summed E-state index contributed by atoms with van der Waals surface area (Å²) in [5.74, 6) is 0.341. The maximum absolute atomic E-state index is 12.9. The van der Waals surface area contributed by atoms with Crippen molar-refractivity contribution in [1.82, 2.24) is 24.5 Å². The van der Waals surface area contributed by atoms with Gasteiger partial charge in [0.1, 0.15) is 4.83 Å². The van der Waals surface area contributed by atoms with Crippen LogP contribution in [0.5, 0.6) is 0 Å². The molecule has 0 saturated carbocycles. The van der Waals surface area contributed by atoms with Gasteiger partial charge in [-0.05, 0) is 25.8 Å². The molecule has 152 valence electrons. The third-order valence-electron chi connectivity index (χ3n) is 5.88. The molecule has 0 atom stereocenters. The molecule has 2 aromatic rings. The highest BCUT2D eigenvalue weighted by Crippen LogP contribution is 2.28. The first-order valence-corrected chi connectivity index (χ1v) is 11.1. The number of hydrogen-bond donors (Lipinski definition) is 0. The first-order valence-electron chi connectivity index (χ1n) is 10.3. The average molecular weight is 404 g/mol. The molecule has 0 unspecified atom stereocenters. The second kappa shape index (κ2) is 8.21. The minimum absolute atomic E-state index is 0.0964. The normalized spacial score (nSPS) is 19.2. The molecule has 8 heteroatoms. The standard InChI is InChI=1S/C20H29N5O2S/c1-15-16-13-17(28-20(16)22(2)21-15)19(27)25-11-9-23(10-12-25)14-18(26)24-7-5-3-4-6-8-24/h13H,3-12,14H2,1-2H3. The summed E-state index contributed by atoms with van der Waals surface area (Å²) in [4.78, 5) is 33.5. The summed E-state index contributed by atoms with van der Waals surface area (Å²) in [5.41, 5.74) is 0.963. The lowest BCUT2D eigenvalue weighted by molar-refractivity contribution is -0.132. The molecule has 4 rings (SSSR count). The Labute approximate surface area is 169 Å². The predicted octanol–water partition coefficient (Wildman–Crippen LogP) is 2.10. The average Bonchev–Trinajstić information content (AvgIpc) is 3.11. The zero-order valence-electron chi connectivity index (χ0n) is 16.8. The van der Waals surface area contributed by atoms with E-state index in [2.05, 4.69) is 10.00 Å². The van der Waals surface area contributed by atoms with Crippen LogP contribution in [-0.2, 0) is 11.8 Å². The molecule has 0 N–H and O–H groups in total. The summed E-state index contributed by atoms with van der Waals surface area (Å²) in [5, 5.41) is 5.47. The van der Waals surface area contributed by atoms with Gasteiger partial charge in [-0.3, -0.25) is 19.2 Å². The fraction of sp³-hybridized carbons (Fsp3) is 0.650. The summed E-state index contributed by atoms with van der Waals surface area (Å²) in [6, 6.07) is 1.97. The zero-order chi connectivity index (χ0) is 19.7. The molecule has 0 radical (unpaired) electrons. The SMILES string of the molecule is Cc1nn(C)c2sc(C(=O)N3CCN(CC(=O)N4CCCCCC4)CC3)cc12. The molecule has 0 spiro atoms. The van der Waals surface area contributed by atoms with E-state index in [9.17, 15) is 9.59 Å². The largest absolute Gasteiger partial charge is 0.342 e. The van der Waals surface area contributed by atoms with Crippen molar-refractivity contribution >= 4 is 33.4 Å². The predicted molar refractivity (Wildman–Crippen MR) is 111 cm³/mol. The number of likely N-dealkylation sites (tertiary alicyclic amines) is 1. The highest BCUT2D eigenvalue weighted by molar-refractivity contribution is 7.20. The van der Waals surface area contributed by atoms with Crippen LogP contribution in [0.3, 0.4) is 0 Å². The summed E-state index contributed by atoms with van der Waals surface area (Å²) < 4.78 is 1.85. The Morgan fingerprint density at radius 3 is 2.32 bits per heavy atom. The molecular weight excluding hydrogens is 374 g/mol. The van der Waals surface area contributed by atoms with E-state index in [-0.39, 0.29) is 11.8 Å². The summed E-state index contributed by atoms with van der Waals surface area (Å²) in [7, 11) is 1.92. The van der Waals surface area contributed by atoms with E-state index < -0.39 is 0 Å². The number of aryl methyl sites for hydroxylation is 2. The first kappa shape index (κ1) is 19.4. The van der Waals surface area contributed by atoms with Gasteiger partial charge in [-0.15, -0.1) is 11.3 Å². The van der Waals surface area contributed by atoms with Crippen LogP contribution in [0.25, 0.3) is 10.2 Å². The van der Waals surface area contributed by atoms with E-state index in [1.165, 1.54) is 24.2 Å². The van der Waals surface area contributed by atoms with Crippen LogP contribution in [0, 0.1) is 6.92 Å². The Morgan fingerprint density at radius 2 is 1.68 bits per heavy atom. The zero-order valence-corrected chi connectivity index (χ0v) is 17.6. The molecular formula is C20H29N5O2S. The fourth-order valence-corrected chi connectivity index (χ4v) is 5.28. The summed E-state index contributed by atoms with van der Waals surface area (Å²) >= 11 is 1.51. The quantitative estimate of drug-likeness (QED) is 0.788. The van der Waals surface area contributed by atoms with E-state index in [0.717, 1.165) is 59.8 Å². The van der Waals surface area contributed by atoms with Crippen molar-refractivity contribution in [2.75, 3.05) is 45.8 Å². The van der Waals surface area contributed by atoms with Gasteiger partial charge < -0.3 is 9.80 Å². The minimum atomic E-state index is 0.0964. The number of carbonyl (C=O) groups excluding carboxylic acids is 2. The van der Waals surface area contributed by atoms with Crippen LogP contribution in [0.2, 0.25) is 0 Å². The molecule has 2 aliphatic heterocycles. The number of fused-ring (bicyclic) bond motifs is 1. The number of carbonyl (C=O) groups is 2. The lowest BCUT2D eigenvalue weighted by Crippen LogP contribution is -2.51. The second-order valence-electron chi connectivity index (χ2n) is 7.90. The van der Waals surface area contributed by atoms with Gasteiger partial charge >= 0.3 is 0 Å². The number of hydrogen-bond acceptors (Lipinski definition) is 5. The number of piperazine rings is 1. The smallest absolute Gasteiger partial charge is 0.264 e. The molecule has 2 fully saturated rings. The van der Waals surface area contributed by atoms with Crippen LogP contribution in [0.15, 0.2) is 6.07 Å². The topological polar surface area (TPSA) is 61.7 Å². The van der Waals surface area contributed by atoms with Gasteiger partial charge in [0, 0.05) is 51.7 Å². The fourth-order valence-electron chi connectivity index (χ4n) is 4.19. The van der Waals surface area contributed by atoms with Gasteiger partial charge in [-0.25, -0.2) is 0 Å². The summed E-state index contributed by atoms with van der Waals surface area (Å²) in [6.45, 7) is 7.14. The van der Waals surface area contributed by atoms with E-state index >= 15 is 0 Å². The number of amides is 2. The Balaban J connectivity index is 1.32. The Kier molecular flexibility index (Phi) is 5.68. The minimum Gasteiger partial charge on any atom is -0.342 e. The molecule has 28 heavy (non-hydrogen) atoms. The van der Waals surface area contributed by atoms with E-state index in [0.29, 0.717) is 19.6 Å². The van der Waals surface area contributed by atoms with Crippen molar-refractivity contribution in [3.8, 4) is 0 Å². The number of thiophene rings is 1. The highest BCUT2D eigenvalue weighted by Gasteiger charge is 2.26. The number of aromatic nitrogens is 2. The first-order chi connectivity index (χ1) is 13.5. The monoisotopic (exact) mass is 403 g/mol. The Bertz CT molecular complexity index is 823. The Morgan fingerprint density at radius 1 is 1.00 bits per heavy atom. The second-order valence-corrected chi connectivity index (χ2v) is 8.93. The molecule has 0 aliphatic carbocycles. The van der Waals surface area contributed by atoms with E-state index in [1.807, 2.05) is 34.5 Å². The van der Waals surface area contributed by atoms with Crippen molar-refractivity contribution < 1.29 is 9.59 Å².